The maximum absolute atomic E-state index is 12.0. The predicted molar refractivity (Wildman–Crippen MR) is 61.3 cm³/mol. The highest BCUT2D eigenvalue weighted by Crippen LogP contribution is 2.68. The molecule has 0 aliphatic rings. The second-order valence-corrected chi connectivity index (χ2v) is 7.16. The normalized spacial score (nSPS) is 12.8. The molecule has 0 unspecified atom stereocenters. The zero-order valence-electron chi connectivity index (χ0n) is 9.46. The van der Waals surface area contributed by atoms with Crippen LogP contribution < -0.4 is 0 Å². The summed E-state index contributed by atoms with van der Waals surface area (Å²) in [6, 6.07) is 0. The first-order valence-corrected chi connectivity index (χ1v) is 8.08. The van der Waals surface area contributed by atoms with Crippen LogP contribution in [0.5, 0.6) is 0 Å². The van der Waals surface area contributed by atoms with Gasteiger partial charge in [0.1, 0.15) is 5.06 Å². The molecule has 0 aromatic rings. The Labute approximate surface area is 95.3 Å². The third kappa shape index (κ3) is 4.91. The molecule has 0 heterocycles. The number of hydrogen-bond acceptors (Lipinski definition) is 4. The van der Waals surface area contributed by atoms with Gasteiger partial charge in [0, 0.05) is 0 Å². The summed E-state index contributed by atoms with van der Waals surface area (Å²) in [5.41, 5.74) is 0. The van der Waals surface area contributed by atoms with E-state index in [9.17, 15) is 9.13 Å². The van der Waals surface area contributed by atoms with Crippen LogP contribution in [-0.2, 0) is 18.2 Å². The molecule has 0 spiro atoms. The highest BCUT2D eigenvalue weighted by molar-refractivity contribution is 7.77. The summed E-state index contributed by atoms with van der Waals surface area (Å²) >= 11 is 0. The number of hydrogen-bond donors (Lipinski definition) is 2. The first-order chi connectivity index (χ1) is 7.28. The van der Waals surface area contributed by atoms with E-state index < -0.39 is 20.2 Å². The van der Waals surface area contributed by atoms with Gasteiger partial charge in [-0.05, 0) is 12.8 Å². The SMILES string of the molecule is C=C(P(=O)(O)O)P(=O)(OCCC)OCCC. The molecule has 0 fully saturated rings. The Balaban J connectivity index is 4.85. The van der Waals surface area contributed by atoms with Gasteiger partial charge >= 0.3 is 15.2 Å². The summed E-state index contributed by atoms with van der Waals surface area (Å²) < 4.78 is 32.8. The van der Waals surface area contributed by atoms with Gasteiger partial charge in [0.05, 0.1) is 13.2 Å². The quantitative estimate of drug-likeness (QED) is 0.660. The van der Waals surface area contributed by atoms with E-state index in [1.807, 2.05) is 0 Å². The van der Waals surface area contributed by atoms with Gasteiger partial charge in [-0.1, -0.05) is 20.4 Å². The Morgan fingerprint density at radius 1 is 1.12 bits per heavy atom. The minimum Gasteiger partial charge on any atom is -0.321 e. The van der Waals surface area contributed by atoms with Gasteiger partial charge < -0.3 is 18.8 Å². The Morgan fingerprint density at radius 3 is 1.75 bits per heavy atom. The predicted octanol–water partition coefficient (Wildman–Crippen LogP) is 2.68. The van der Waals surface area contributed by atoms with Crippen LogP contribution in [0, 0.1) is 0 Å². The lowest BCUT2D eigenvalue weighted by Crippen LogP contribution is -2.01. The summed E-state index contributed by atoms with van der Waals surface area (Å²) in [5.74, 6) is 0. The molecule has 0 rings (SSSR count). The Kier molecular flexibility index (Phi) is 6.71. The molecule has 0 radical (unpaired) electrons. The third-order valence-corrected chi connectivity index (χ3v) is 5.45. The lowest BCUT2D eigenvalue weighted by Gasteiger charge is -2.20. The molecule has 16 heavy (non-hydrogen) atoms. The van der Waals surface area contributed by atoms with Crippen molar-refractivity contribution in [3.8, 4) is 0 Å². The van der Waals surface area contributed by atoms with Gasteiger partial charge in [0.25, 0.3) is 0 Å². The first-order valence-electron chi connectivity index (χ1n) is 4.92. The summed E-state index contributed by atoms with van der Waals surface area (Å²) in [7, 11) is -8.59. The molecule has 0 bridgehead atoms. The largest absolute Gasteiger partial charge is 0.368 e. The molecule has 0 amide bonds. The van der Waals surface area contributed by atoms with E-state index in [2.05, 4.69) is 6.58 Å². The maximum Gasteiger partial charge on any atom is 0.368 e. The van der Waals surface area contributed by atoms with Crippen molar-refractivity contribution in [3.05, 3.63) is 11.6 Å². The average Bonchev–Trinajstić information content (AvgIpc) is 2.21. The van der Waals surface area contributed by atoms with E-state index in [1.165, 1.54) is 0 Å². The van der Waals surface area contributed by atoms with Gasteiger partial charge in [0.15, 0.2) is 0 Å². The van der Waals surface area contributed by atoms with Crippen LogP contribution in [0.1, 0.15) is 26.7 Å². The lowest BCUT2D eigenvalue weighted by atomic mass is 10.5. The summed E-state index contributed by atoms with van der Waals surface area (Å²) in [4.78, 5) is 17.8. The van der Waals surface area contributed by atoms with E-state index in [-0.39, 0.29) is 13.2 Å². The van der Waals surface area contributed by atoms with Gasteiger partial charge in [-0.2, -0.15) is 0 Å². The minimum atomic E-state index is -4.67. The fourth-order valence-corrected chi connectivity index (χ4v) is 3.61. The Hall–Kier alpha value is 0.0400. The Morgan fingerprint density at radius 2 is 1.50 bits per heavy atom. The topological polar surface area (TPSA) is 93.1 Å². The van der Waals surface area contributed by atoms with Crippen LogP contribution in [0.2, 0.25) is 0 Å². The third-order valence-electron chi connectivity index (χ3n) is 1.58. The van der Waals surface area contributed by atoms with Gasteiger partial charge in [-0.3, -0.25) is 9.13 Å². The van der Waals surface area contributed by atoms with E-state index in [4.69, 9.17) is 18.8 Å². The van der Waals surface area contributed by atoms with Crippen LogP contribution >= 0.6 is 15.2 Å². The zero-order chi connectivity index (χ0) is 12.8. The fourth-order valence-electron chi connectivity index (χ4n) is 0.769. The molecule has 8 heteroatoms. The summed E-state index contributed by atoms with van der Waals surface area (Å²) in [6.07, 6.45) is 1.13. The van der Waals surface area contributed by atoms with Crippen molar-refractivity contribution in [1.29, 1.82) is 0 Å². The molecule has 96 valence electrons. The molecule has 0 saturated heterocycles. The molecule has 6 nitrogen and oxygen atoms in total. The molecule has 0 saturated carbocycles. The summed E-state index contributed by atoms with van der Waals surface area (Å²) in [5, 5.41) is -0.776. The average molecular weight is 272 g/mol. The summed E-state index contributed by atoms with van der Waals surface area (Å²) in [6.45, 7) is 6.89. The van der Waals surface area contributed by atoms with Crippen LogP contribution in [0.3, 0.4) is 0 Å². The van der Waals surface area contributed by atoms with Crippen molar-refractivity contribution in [2.24, 2.45) is 0 Å². The van der Waals surface area contributed by atoms with E-state index >= 15 is 0 Å². The molecule has 2 N–H and O–H groups in total. The van der Waals surface area contributed by atoms with Gasteiger partial charge in [0.2, 0.25) is 0 Å². The van der Waals surface area contributed by atoms with Crippen molar-refractivity contribution in [2.45, 2.75) is 26.7 Å². The second-order valence-electron chi connectivity index (χ2n) is 3.12. The molecule has 0 atom stereocenters. The van der Waals surface area contributed by atoms with Crippen LogP contribution in [0.15, 0.2) is 11.6 Å². The van der Waals surface area contributed by atoms with Crippen molar-refractivity contribution in [2.75, 3.05) is 13.2 Å². The standard InChI is InChI=1S/C8H18O6P2/c1-4-6-13-16(12,14-7-5-2)8(3)15(9,10)11/h3-7H2,1-2H3,(H2,9,10,11). The molecule has 0 aromatic carbocycles. The van der Waals surface area contributed by atoms with Gasteiger partial charge in [-0.25, -0.2) is 0 Å². The molecule has 0 aromatic heterocycles. The molecular formula is C8H18O6P2. The van der Waals surface area contributed by atoms with E-state index in [0.29, 0.717) is 12.8 Å². The monoisotopic (exact) mass is 272 g/mol. The van der Waals surface area contributed by atoms with Crippen molar-refractivity contribution in [3.63, 3.8) is 0 Å². The highest BCUT2D eigenvalue weighted by Gasteiger charge is 2.39. The minimum absolute atomic E-state index is 0.0972. The van der Waals surface area contributed by atoms with Crippen molar-refractivity contribution < 1.29 is 28.0 Å². The Bertz CT molecular complexity index is 308. The highest BCUT2D eigenvalue weighted by atomic mass is 31.2. The number of rotatable bonds is 8. The van der Waals surface area contributed by atoms with Crippen LogP contribution in [-0.4, -0.2) is 23.0 Å². The zero-order valence-corrected chi connectivity index (χ0v) is 11.2. The molecule has 0 aliphatic heterocycles. The van der Waals surface area contributed by atoms with Crippen molar-refractivity contribution >= 4 is 15.2 Å². The first kappa shape index (κ1) is 16.0. The fraction of sp³-hybridized carbons (Fsp3) is 0.750. The van der Waals surface area contributed by atoms with E-state index in [0.717, 1.165) is 0 Å². The van der Waals surface area contributed by atoms with Crippen molar-refractivity contribution in [1.82, 2.24) is 0 Å². The van der Waals surface area contributed by atoms with Crippen LogP contribution in [0.4, 0.5) is 0 Å². The molecule has 0 aliphatic carbocycles. The maximum atomic E-state index is 12.0. The molecular weight excluding hydrogens is 254 g/mol. The van der Waals surface area contributed by atoms with Gasteiger partial charge in [-0.15, -0.1) is 0 Å². The van der Waals surface area contributed by atoms with Crippen LogP contribution in [0.25, 0.3) is 0 Å². The lowest BCUT2D eigenvalue weighted by molar-refractivity contribution is 0.211. The van der Waals surface area contributed by atoms with E-state index in [1.54, 1.807) is 13.8 Å². The second kappa shape index (κ2) is 6.70. The smallest absolute Gasteiger partial charge is 0.321 e.